The fraction of sp³-hybridized carbons (Fsp3) is 0.481. The number of hydrogen-bond donors (Lipinski definition) is 0. The first-order valence-electron chi connectivity index (χ1n) is 11.7. The fourth-order valence-electron chi connectivity index (χ4n) is 4.39. The van der Waals surface area contributed by atoms with Gasteiger partial charge in [-0.25, -0.2) is 0 Å². The number of ether oxygens (including phenoxy) is 1. The summed E-state index contributed by atoms with van der Waals surface area (Å²) in [6.07, 6.45) is 3.54. The van der Waals surface area contributed by atoms with Gasteiger partial charge in [0.1, 0.15) is 12.4 Å². The standard InChI is InChI=1S/C27H34N4O/c1-3-24(25-8-9-26(21-29)22(2)19-25)5-4-12-30-13-15-31(16-14-30)17-18-32-27-10-6-23(20-28)7-11-27/h6-11,19,24H,3-5,12-18H2,1-2H3. The average Bonchev–Trinajstić information content (AvgIpc) is 2.83. The van der Waals surface area contributed by atoms with Gasteiger partial charge in [0.25, 0.3) is 0 Å². The van der Waals surface area contributed by atoms with Gasteiger partial charge in [0.2, 0.25) is 0 Å². The highest BCUT2D eigenvalue weighted by Gasteiger charge is 2.17. The first-order chi connectivity index (χ1) is 15.6. The molecular weight excluding hydrogens is 396 g/mol. The molecule has 3 rings (SSSR count). The van der Waals surface area contributed by atoms with E-state index in [1.165, 1.54) is 18.4 Å². The summed E-state index contributed by atoms with van der Waals surface area (Å²) in [5.74, 6) is 1.40. The molecule has 0 N–H and O–H groups in total. The van der Waals surface area contributed by atoms with Crippen LogP contribution in [0.3, 0.4) is 0 Å². The number of hydrogen-bond acceptors (Lipinski definition) is 5. The van der Waals surface area contributed by atoms with Gasteiger partial charge >= 0.3 is 0 Å². The third-order valence-electron chi connectivity index (χ3n) is 6.49. The van der Waals surface area contributed by atoms with Crippen LogP contribution in [0.15, 0.2) is 42.5 Å². The van der Waals surface area contributed by atoms with Crippen LogP contribution in [-0.4, -0.2) is 55.7 Å². The van der Waals surface area contributed by atoms with Crippen molar-refractivity contribution >= 4 is 0 Å². The molecule has 1 unspecified atom stereocenters. The number of nitrogens with zero attached hydrogens (tertiary/aromatic N) is 4. The largest absolute Gasteiger partial charge is 0.492 e. The SMILES string of the molecule is CCC(CCCN1CCN(CCOc2ccc(C#N)cc2)CC1)c1ccc(C#N)c(C)c1. The van der Waals surface area contributed by atoms with Crippen LogP contribution in [0.5, 0.6) is 5.75 Å². The van der Waals surface area contributed by atoms with Crippen LogP contribution in [0.25, 0.3) is 0 Å². The molecular formula is C27H34N4O. The topological polar surface area (TPSA) is 63.3 Å². The van der Waals surface area contributed by atoms with E-state index in [1.807, 2.05) is 25.1 Å². The summed E-state index contributed by atoms with van der Waals surface area (Å²) in [6, 6.07) is 18.0. The highest BCUT2D eigenvalue weighted by Crippen LogP contribution is 2.26. The van der Waals surface area contributed by atoms with Crippen LogP contribution >= 0.6 is 0 Å². The lowest BCUT2D eigenvalue weighted by Crippen LogP contribution is -2.47. The Hall–Kier alpha value is -2.86. The maximum Gasteiger partial charge on any atom is 0.119 e. The minimum Gasteiger partial charge on any atom is -0.492 e. The summed E-state index contributed by atoms with van der Waals surface area (Å²) >= 11 is 0. The van der Waals surface area contributed by atoms with E-state index >= 15 is 0 Å². The van der Waals surface area contributed by atoms with E-state index in [1.54, 1.807) is 12.1 Å². The molecule has 0 spiro atoms. The van der Waals surface area contributed by atoms with Crippen LogP contribution in [0.4, 0.5) is 0 Å². The van der Waals surface area contributed by atoms with Crippen molar-refractivity contribution in [3.8, 4) is 17.9 Å². The zero-order chi connectivity index (χ0) is 22.8. The number of rotatable bonds is 10. The van der Waals surface area contributed by atoms with E-state index in [-0.39, 0.29) is 0 Å². The van der Waals surface area contributed by atoms with E-state index < -0.39 is 0 Å². The molecule has 0 radical (unpaired) electrons. The van der Waals surface area contributed by atoms with Crippen molar-refractivity contribution in [2.75, 3.05) is 45.9 Å². The van der Waals surface area contributed by atoms with Crippen LogP contribution in [-0.2, 0) is 0 Å². The predicted octanol–water partition coefficient (Wildman–Crippen LogP) is 4.71. The molecule has 1 fully saturated rings. The first-order valence-corrected chi connectivity index (χ1v) is 11.7. The lowest BCUT2D eigenvalue weighted by atomic mass is 9.90. The van der Waals surface area contributed by atoms with Crippen LogP contribution in [0, 0.1) is 29.6 Å². The minimum absolute atomic E-state index is 0.571. The van der Waals surface area contributed by atoms with Gasteiger partial charge in [-0.3, -0.25) is 4.90 Å². The highest BCUT2D eigenvalue weighted by molar-refractivity contribution is 5.40. The zero-order valence-electron chi connectivity index (χ0n) is 19.4. The van der Waals surface area contributed by atoms with Gasteiger partial charge in [0.15, 0.2) is 0 Å². The molecule has 2 aromatic rings. The monoisotopic (exact) mass is 430 g/mol. The van der Waals surface area contributed by atoms with Crippen LogP contribution in [0.1, 0.15) is 54.4 Å². The Morgan fingerprint density at radius 3 is 2.22 bits per heavy atom. The second-order valence-corrected chi connectivity index (χ2v) is 8.60. The molecule has 1 aliphatic rings. The Morgan fingerprint density at radius 2 is 1.62 bits per heavy atom. The van der Waals surface area contributed by atoms with Crippen molar-refractivity contribution in [2.24, 2.45) is 0 Å². The van der Waals surface area contributed by atoms with Crippen LogP contribution < -0.4 is 4.74 Å². The summed E-state index contributed by atoms with van der Waals surface area (Å²) < 4.78 is 5.82. The Labute approximate surface area is 192 Å². The molecule has 32 heavy (non-hydrogen) atoms. The molecule has 5 heteroatoms. The molecule has 0 saturated carbocycles. The molecule has 1 saturated heterocycles. The zero-order valence-corrected chi connectivity index (χ0v) is 19.4. The summed E-state index contributed by atoms with van der Waals surface area (Å²) in [6.45, 7) is 11.5. The number of nitriles is 2. The Kier molecular flexibility index (Phi) is 9.11. The number of aryl methyl sites for hydroxylation is 1. The molecule has 0 bridgehead atoms. The van der Waals surface area contributed by atoms with Gasteiger partial charge < -0.3 is 9.64 Å². The molecule has 2 aromatic carbocycles. The summed E-state index contributed by atoms with van der Waals surface area (Å²) in [5.41, 5.74) is 3.90. The van der Waals surface area contributed by atoms with E-state index in [0.717, 1.165) is 62.6 Å². The third kappa shape index (κ3) is 6.82. The summed E-state index contributed by atoms with van der Waals surface area (Å²) in [7, 11) is 0. The number of benzene rings is 2. The van der Waals surface area contributed by atoms with Crippen molar-refractivity contribution in [1.82, 2.24) is 9.80 Å². The van der Waals surface area contributed by atoms with Gasteiger partial charge in [-0.15, -0.1) is 0 Å². The molecule has 1 heterocycles. The Balaban J connectivity index is 1.33. The maximum absolute atomic E-state index is 9.15. The number of piperazine rings is 1. The summed E-state index contributed by atoms with van der Waals surface area (Å²) in [4.78, 5) is 5.04. The summed E-state index contributed by atoms with van der Waals surface area (Å²) in [5, 5.41) is 18.0. The molecule has 0 amide bonds. The fourth-order valence-corrected chi connectivity index (χ4v) is 4.39. The lowest BCUT2D eigenvalue weighted by Gasteiger charge is -2.34. The van der Waals surface area contributed by atoms with Crippen molar-refractivity contribution < 1.29 is 4.74 Å². The molecule has 5 nitrogen and oxygen atoms in total. The van der Waals surface area contributed by atoms with Gasteiger partial charge in [-0.1, -0.05) is 19.1 Å². The Morgan fingerprint density at radius 1 is 0.938 bits per heavy atom. The second-order valence-electron chi connectivity index (χ2n) is 8.60. The van der Waals surface area contributed by atoms with Gasteiger partial charge in [-0.05, 0) is 80.1 Å². The molecule has 1 atom stereocenters. The lowest BCUT2D eigenvalue weighted by molar-refractivity contribution is 0.115. The predicted molar refractivity (Wildman–Crippen MR) is 128 cm³/mol. The quantitative estimate of drug-likeness (QED) is 0.546. The third-order valence-corrected chi connectivity index (χ3v) is 6.49. The van der Waals surface area contributed by atoms with Crippen molar-refractivity contribution in [2.45, 2.75) is 39.0 Å². The molecule has 0 aliphatic carbocycles. The maximum atomic E-state index is 9.15. The smallest absolute Gasteiger partial charge is 0.119 e. The molecule has 168 valence electrons. The highest BCUT2D eigenvalue weighted by atomic mass is 16.5. The van der Waals surface area contributed by atoms with E-state index in [9.17, 15) is 0 Å². The average molecular weight is 431 g/mol. The molecule has 0 aromatic heterocycles. The normalized spacial score (nSPS) is 15.6. The van der Waals surface area contributed by atoms with E-state index in [4.69, 9.17) is 15.3 Å². The van der Waals surface area contributed by atoms with Crippen LogP contribution in [0.2, 0.25) is 0 Å². The van der Waals surface area contributed by atoms with Gasteiger partial charge in [-0.2, -0.15) is 10.5 Å². The molecule has 1 aliphatic heterocycles. The van der Waals surface area contributed by atoms with E-state index in [2.05, 4.69) is 41.0 Å². The van der Waals surface area contributed by atoms with Crippen molar-refractivity contribution in [1.29, 1.82) is 10.5 Å². The minimum atomic E-state index is 0.571. The van der Waals surface area contributed by atoms with Crippen molar-refractivity contribution in [3.05, 3.63) is 64.7 Å². The Bertz CT molecular complexity index is 934. The first kappa shape index (κ1) is 23.8. The second kappa shape index (κ2) is 12.2. The van der Waals surface area contributed by atoms with Crippen molar-refractivity contribution in [3.63, 3.8) is 0 Å². The van der Waals surface area contributed by atoms with E-state index in [0.29, 0.717) is 18.1 Å². The van der Waals surface area contributed by atoms with Gasteiger partial charge in [0, 0.05) is 32.7 Å². The van der Waals surface area contributed by atoms with Gasteiger partial charge in [0.05, 0.1) is 23.3 Å².